The van der Waals surface area contributed by atoms with Crippen LogP contribution in [0.15, 0.2) is 16.8 Å². The van der Waals surface area contributed by atoms with Crippen LogP contribution in [0.25, 0.3) is 0 Å². The van der Waals surface area contributed by atoms with Gasteiger partial charge in [-0.3, -0.25) is 4.99 Å². The molecule has 5 heteroatoms. The molecule has 0 saturated carbocycles. The summed E-state index contributed by atoms with van der Waals surface area (Å²) in [7, 11) is 4.09. The van der Waals surface area contributed by atoms with Crippen LogP contribution in [0.5, 0.6) is 0 Å². The lowest BCUT2D eigenvalue weighted by Crippen LogP contribution is -2.39. The summed E-state index contributed by atoms with van der Waals surface area (Å²) in [4.78, 5) is 8.68. The first-order valence-corrected chi connectivity index (χ1v) is 5.97. The molecule has 0 rings (SSSR count). The van der Waals surface area contributed by atoms with Crippen molar-refractivity contribution in [1.29, 1.82) is 5.41 Å². The Balaban J connectivity index is 4.81. The summed E-state index contributed by atoms with van der Waals surface area (Å²) in [5, 5.41) is 7.06. The van der Waals surface area contributed by atoms with Crippen LogP contribution in [-0.2, 0) is 0 Å². The zero-order valence-electron chi connectivity index (χ0n) is 11.4. The molecule has 0 aliphatic rings. The molecule has 0 aromatic carbocycles. The lowest BCUT2D eigenvalue weighted by molar-refractivity contribution is 0.336. The maximum absolute atomic E-state index is 7.06. The van der Waals surface area contributed by atoms with Crippen molar-refractivity contribution in [3.05, 3.63) is 11.8 Å². The van der Waals surface area contributed by atoms with Gasteiger partial charge in [0.05, 0.1) is 5.70 Å². The monoisotopic (exact) mass is 239 g/mol. The number of nitrogens with zero attached hydrogens (tertiary/aromatic N) is 3. The molecule has 0 fully saturated rings. The zero-order valence-corrected chi connectivity index (χ0v) is 11.4. The molecule has 3 N–H and O–H groups in total. The van der Waals surface area contributed by atoms with Crippen LogP contribution < -0.4 is 5.73 Å². The largest absolute Gasteiger partial charge is 0.396 e. The molecular weight excluding hydrogens is 214 g/mol. The van der Waals surface area contributed by atoms with Crippen LogP contribution in [0.2, 0.25) is 0 Å². The quantitative estimate of drug-likeness (QED) is 0.509. The number of nitrogens with two attached hydrogens (primary N) is 1. The molecule has 0 aliphatic carbocycles. The summed E-state index contributed by atoms with van der Waals surface area (Å²) in [5.74, 6) is 0.792. The fourth-order valence-electron chi connectivity index (χ4n) is 1.42. The van der Waals surface area contributed by atoms with Gasteiger partial charge in [-0.1, -0.05) is 0 Å². The minimum Gasteiger partial charge on any atom is -0.396 e. The molecule has 0 aliphatic heterocycles. The molecule has 17 heavy (non-hydrogen) atoms. The van der Waals surface area contributed by atoms with Crippen LogP contribution in [0.3, 0.4) is 0 Å². The highest BCUT2D eigenvalue weighted by atomic mass is 15.2. The summed E-state index contributed by atoms with van der Waals surface area (Å²) in [5.41, 5.74) is 6.48. The van der Waals surface area contributed by atoms with Gasteiger partial charge in [0.1, 0.15) is 5.84 Å². The van der Waals surface area contributed by atoms with Gasteiger partial charge in [0.25, 0.3) is 0 Å². The maximum Gasteiger partial charge on any atom is 0.147 e. The SMILES string of the molecule is CCN=C(C(N)=CC=N)N(CC)CCN(C)C. The number of aliphatic imine (C=N–C) groups is 1. The van der Waals surface area contributed by atoms with E-state index in [-0.39, 0.29) is 0 Å². The Morgan fingerprint density at radius 1 is 1.29 bits per heavy atom. The number of rotatable bonds is 7. The number of hydrogen-bond donors (Lipinski definition) is 2. The molecule has 0 aromatic rings. The first-order chi connectivity index (χ1) is 8.06. The lowest BCUT2D eigenvalue weighted by atomic mass is 10.3. The van der Waals surface area contributed by atoms with Gasteiger partial charge in [0.15, 0.2) is 0 Å². The summed E-state index contributed by atoms with van der Waals surface area (Å²) >= 11 is 0. The fraction of sp³-hybridized carbons (Fsp3) is 0.667. The Morgan fingerprint density at radius 3 is 2.35 bits per heavy atom. The minimum atomic E-state index is 0.558. The van der Waals surface area contributed by atoms with E-state index >= 15 is 0 Å². The van der Waals surface area contributed by atoms with E-state index < -0.39 is 0 Å². The molecular formula is C12H25N5. The highest BCUT2D eigenvalue weighted by Crippen LogP contribution is 2.00. The number of nitrogens with one attached hydrogen (secondary N) is 1. The highest BCUT2D eigenvalue weighted by Gasteiger charge is 2.11. The van der Waals surface area contributed by atoms with Crippen molar-refractivity contribution in [3.63, 3.8) is 0 Å². The fourth-order valence-corrected chi connectivity index (χ4v) is 1.42. The topological polar surface area (TPSA) is 68.7 Å². The van der Waals surface area contributed by atoms with Crippen molar-refractivity contribution in [1.82, 2.24) is 9.80 Å². The van der Waals surface area contributed by atoms with E-state index in [4.69, 9.17) is 11.1 Å². The second kappa shape index (κ2) is 8.75. The minimum absolute atomic E-state index is 0.558. The van der Waals surface area contributed by atoms with Gasteiger partial charge in [-0.05, 0) is 34.0 Å². The Kier molecular flexibility index (Phi) is 8.05. The summed E-state index contributed by atoms with van der Waals surface area (Å²) < 4.78 is 0. The number of hydrogen-bond acceptors (Lipinski definition) is 4. The normalized spacial score (nSPS) is 13.0. The summed E-state index contributed by atoms with van der Waals surface area (Å²) in [6, 6.07) is 0. The molecule has 0 heterocycles. The maximum atomic E-state index is 7.06. The van der Waals surface area contributed by atoms with Gasteiger partial charge in [-0.15, -0.1) is 0 Å². The molecule has 0 atom stereocenters. The number of likely N-dealkylation sites (N-methyl/N-ethyl adjacent to an activating group) is 2. The van der Waals surface area contributed by atoms with Crippen LogP contribution in [0.4, 0.5) is 0 Å². The number of amidine groups is 1. The van der Waals surface area contributed by atoms with E-state index in [0.29, 0.717) is 12.2 Å². The molecule has 0 saturated heterocycles. The van der Waals surface area contributed by atoms with Gasteiger partial charge < -0.3 is 20.9 Å². The van der Waals surface area contributed by atoms with E-state index in [1.165, 1.54) is 6.21 Å². The molecule has 0 radical (unpaired) electrons. The van der Waals surface area contributed by atoms with E-state index in [1.807, 2.05) is 21.0 Å². The molecule has 5 nitrogen and oxygen atoms in total. The first kappa shape index (κ1) is 15.6. The third-order valence-electron chi connectivity index (χ3n) is 2.33. The van der Waals surface area contributed by atoms with Gasteiger partial charge in [0, 0.05) is 32.4 Å². The Morgan fingerprint density at radius 2 is 1.94 bits per heavy atom. The van der Waals surface area contributed by atoms with E-state index in [2.05, 4.69) is 21.7 Å². The zero-order chi connectivity index (χ0) is 13.3. The predicted octanol–water partition coefficient (Wildman–Crippen LogP) is 0.780. The van der Waals surface area contributed by atoms with Crippen molar-refractivity contribution in [2.45, 2.75) is 13.8 Å². The Bertz CT molecular complexity index is 281. The second-order valence-corrected chi connectivity index (χ2v) is 3.97. The highest BCUT2D eigenvalue weighted by molar-refractivity contribution is 6.00. The van der Waals surface area contributed by atoms with Crippen LogP contribution >= 0.6 is 0 Å². The standard InChI is InChI=1S/C12H25N5/c1-5-15-12(11(14)7-8-13)17(6-2)10-9-16(3)4/h7-8,13H,5-6,9-10,14H2,1-4H3. The third-order valence-corrected chi connectivity index (χ3v) is 2.33. The number of allylic oxidation sites excluding steroid dienone is 1. The molecule has 0 spiro atoms. The van der Waals surface area contributed by atoms with Crippen molar-refractivity contribution in [2.24, 2.45) is 10.7 Å². The molecule has 0 amide bonds. The molecule has 0 aromatic heterocycles. The Labute approximate surface area is 105 Å². The summed E-state index contributed by atoms with van der Waals surface area (Å²) in [6.07, 6.45) is 2.77. The van der Waals surface area contributed by atoms with Crippen LogP contribution in [-0.4, -0.2) is 62.1 Å². The van der Waals surface area contributed by atoms with E-state index in [0.717, 1.165) is 25.5 Å². The van der Waals surface area contributed by atoms with Crippen molar-refractivity contribution in [2.75, 3.05) is 40.3 Å². The molecule has 0 unspecified atom stereocenters. The van der Waals surface area contributed by atoms with E-state index in [1.54, 1.807) is 6.08 Å². The third kappa shape index (κ3) is 6.06. The summed E-state index contributed by atoms with van der Waals surface area (Å²) in [6.45, 7) is 7.46. The van der Waals surface area contributed by atoms with Crippen molar-refractivity contribution >= 4 is 12.1 Å². The van der Waals surface area contributed by atoms with Gasteiger partial charge >= 0.3 is 0 Å². The molecule has 98 valence electrons. The predicted molar refractivity (Wildman–Crippen MR) is 74.8 cm³/mol. The second-order valence-electron chi connectivity index (χ2n) is 3.97. The van der Waals surface area contributed by atoms with Crippen LogP contribution in [0.1, 0.15) is 13.8 Å². The smallest absolute Gasteiger partial charge is 0.147 e. The lowest BCUT2D eigenvalue weighted by Gasteiger charge is -2.26. The first-order valence-electron chi connectivity index (χ1n) is 5.97. The van der Waals surface area contributed by atoms with Gasteiger partial charge in [-0.2, -0.15) is 0 Å². The molecule has 0 bridgehead atoms. The average molecular weight is 239 g/mol. The van der Waals surface area contributed by atoms with Crippen LogP contribution in [0, 0.1) is 5.41 Å². The van der Waals surface area contributed by atoms with Crippen molar-refractivity contribution < 1.29 is 0 Å². The average Bonchev–Trinajstić information content (AvgIpc) is 2.28. The van der Waals surface area contributed by atoms with Gasteiger partial charge in [-0.25, -0.2) is 0 Å². The Hall–Kier alpha value is -1.36. The van der Waals surface area contributed by atoms with Crippen molar-refractivity contribution in [3.8, 4) is 0 Å². The van der Waals surface area contributed by atoms with Gasteiger partial charge in [0.2, 0.25) is 0 Å². The van der Waals surface area contributed by atoms with E-state index in [9.17, 15) is 0 Å².